The third kappa shape index (κ3) is 2.72. The number of nitrogens with zero attached hydrogens (tertiary/aromatic N) is 2. The number of aromatic nitrogens is 1. The van der Waals surface area contributed by atoms with Crippen LogP contribution in [0.4, 0.5) is 0 Å². The second-order valence-corrected chi connectivity index (χ2v) is 6.82. The van der Waals surface area contributed by atoms with Crippen molar-refractivity contribution in [1.29, 1.82) is 0 Å². The fourth-order valence-corrected chi connectivity index (χ4v) is 4.14. The largest absolute Gasteiger partial charge is 0.480 e. The van der Waals surface area contributed by atoms with Gasteiger partial charge in [-0.2, -0.15) is 0 Å². The quantitative estimate of drug-likeness (QED) is 0.869. The Balaban J connectivity index is 1.74. The number of rotatable bonds is 3. The normalized spacial score (nSPS) is 28.2. The van der Waals surface area contributed by atoms with Crippen LogP contribution in [0.1, 0.15) is 30.0 Å². The lowest BCUT2D eigenvalue weighted by molar-refractivity contribution is -0.148. The van der Waals surface area contributed by atoms with Gasteiger partial charge >= 0.3 is 5.97 Å². The van der Waals surface area contributed by atoms with Crippen LogP contribution in [-0.4, -0.2) is 39.5 Å². The van der Waals surface area contributed by atoms with E-state index in [1.165, 1.54) is 22.3 Å². The van der Waals surface area contributed by atoms with E-state index in [0.717, 1.165) is 30.0 Å². The van der Waals surface area contributed by atoms with E-state index in [1.807, 2.05) is 12.3 Å². The SMILES string of the molecule is Cc1nc(/C=C/C(=O)N2CC3CCCC3C2C(=O)O)cs1. The number of hydrogen-bond acceptors (Lipinski definition) is 4. The van der Waals surface area contributed by atoms with Crippen molar-refractivity contribution >= 4 is 29.3 Å². The summed E-state index contributed by atoms with van der Waals surface area (Å²) >= 11 is 1.53. The van der Waals surface area contributed by atoms with Gasteiger partial charge < -0.3 is 10.0 Å². The fraction of sp³-hybridized carbons (Fsp3) is 0.533. The Kier molecular flexibility index (Phi) is 3.80. The van der Waals surface area contributed by atoms with Gasteiger partial charge in [0.15, 0.2) is 0 Å². The predicted molar refractivity (Wildman–Crippen MR) is 79.9 cm³/mol. The van der Waals surface area contributed by atoms with E-state index in [2.05, 4.69) is 4.98 Å². The average Bonchev–Trinajstić information content (AvgIpc) is 3.09. The van der Waals surface area contributed by atoms with Gasteiger partial charge in [-0.15, -0.1) is 11.3 Å². The second-order valence-electron chi connectivity index (χ2n) is 5.75. The zero-order chi connectivity index (χ0) is 15.0. The highest BCUT2D eigenvalue weighted by Gasteiger charge is 2.48. The summed E-state index contributed by atoms with van der Waals surface area (Å²) in [6.07, 6.45) is 6.15. The van der Waals surface area contributed by atoms with Crippen molar-refractivity contribution in [3.63, 3.8) is 0 Å². The highest BCUT2D eigenvalue weighted by atomic mass is 32.1. The van der Waals surface area contributed by atoms with Crippen molar-refractivity contribution in [2.45, 2.75) is 32.2 Å². The van der Waals surface area contributed by atoms with E-state index in [4.69, 9.17) is 0 Å². The minimum Gasteiger partial charge on any atom is -0.480 e. The van der Waals surface area contributed by atoms with Crippen LogP contribution in [-0.2, 0) is 9.59 Å². The summed E-state index contributed by atoms with van der Waals surface area (Å²) in [6, 6.07) is -0.660. The molecule has 0 aromatic carbocycles. The molecule has 5 nitrogen and oxygen atoms in total. The van der Waals surface area contributed by atoms with Crippen LogP contribution in [0.15, 0.2) is 11.5 Å². The maximum absolute atomic E-state index is 12.3. The predicted octanol–water partition coefficient (Wildman–Crippen LogP) is 2.18. The molecule has 1 saturated carbocycles. The lowest BCUT2D eigenvalue weighted by Gasteiger charge is -2.23. The topological polar surface area (TPSA) is 70.5 Å². The third-order valence-corrected chi connectivity index (χ3v) is 5.25. The minimum absolute atomic E-state index is 0.126. The Morgan fingerprint density at radius 1 is 1.48 bits per heavy atom. The van der Waals surface area contributed by atoms with Gasteiger partial charge in [-0.1, -0.05) is 6.42 Å². The van der Waals surface area contributed by atoms with Crippen LogP contribution in [0.2, 0.25) is 0 Å². The van der Waals surface area contributed by atoms with E-state index < -0.39 is 12.0 Å². The van der Waals surface area contributed by atoms with Crippen molar-refractivity contribution in [3.05, 3.63) is 22.2 Å². The Labute approximate surface area is 127 Å². The maximum atomic E-state index is 12.3. The van der Waals surface area contributed by atoms with Gasteiger partial charge in [0, 0.05) is 18.0 Å². The average molecular weight is 306 g/mol. The summed E-state index contributed by atoms with van der Waals surface area (Å²) in [6.45, 7) is 2.48. The minimum atomic E-state index is -0.879. The van der Waals surface area contributed by atoms with E-state index in [9.17, 15) is 14.7 Å². The molecule has 1 aromatic heterocycles. The van der Waals surface area contributed by atoms with Gasteiger partial charge in [0.2, 0.25) is 5.91 Å². The summed E-state index contributed by atoms with van der Waals surface area (Å²) in [7, 11) is 0. The van der Waals surface area contributed by atoms with Crippen LogP contribution in [0.3, 0.4) is 0 Å². The number of aliphatic carboxylic acids is 1. The summed E-state index contributed by atoms with van der Waals surface area (Å²) < 4.78 is 0. The molecule has 1 N–H and O–H groups in total. The van der Waals surface area contributed by atoms with E-state index in [1.54, 1.807) is 6.08 Å². The van der Waals surface area contributed by atoms with Crippen molar-refractivity contribution in [2.75, 3.05) is 6.54 Å². The molecule has 1 aliphatic heterocycles. The van der Waals surface area contributed by atoms with Crippen LogP contribution in [0.25, 0.3) is 6.08 Å². The van der Waals surface area contributed by atoms with Crippen molar-refractivity contribution in [2.24, 2.45) is 11.8 Å². The van der Waals surface area contributed by atoms with Gasteiger partial charge in [-0.25, -0.2) is 9.78 Å². The second kappa shape index (κ2) is 5.60. The summed E-state index contributed by atoms with van der Waals surface area (Å²) in [4.78, 5) is 29.6. The molecule has 3 rings (SSSR count). The monoisotopic (exact) mass is 306 g/mol. The number of fused-ring (bicyclic) bond motifs is 1. The van der Waals surface area contributed by atoms with Gasteiger partial charge in [-0.05, 0) is 37.7 Å². The molecule has 3 unspecified atom stereocenters. The summed E-state index contributed by atoms with van der Waals surface area (Å²) in [5.74, 6) is -0.621. The fourth-order valence-electron chi connectivity index (χ4n) is 3.56. The number of hydrogen-bond donors (Lipinski definition) is 1. The number of amides is 1. The molecule has 1 saturated heterocycles. The van der Waals surface area contributed by atoms with Gasteiger partial charge in [-0.3, -0.25) is 4.79 Å². The van der Waals surface area contributed by atoms with Gasteiger partial charge in [0.25, 0.3) is 0 Å². The van der Waals surface area contributed by atoms with E-state index in [0.29, 0.717) is 12.5 Å². The molecule has 2 fully saturated rings. The van der Waals surface area contributed by atoms with Crippen LogP contribution in [0.5, 0.6) is 0 Å². The molecule has 0 bridgehead atoms. The Morgan fingerprint density at radius 3 is 2.95 bits per heavy atom. The number of carbonyl (C=O) groups excluding carboxylic acids is 1. The number of aryl methyl sites for hydroxylation is 1. The molecule has 2 heterocycles. The molecular weight excluding hydrogens is 288 g/mol. The lowest BCUT2D eigenvalue weighted by atomic mass is 9.94. The first-order valence-corrected chi connectivity index (χ1v) is 8.08. The zero-order valence-corrected chi connectivity index (χ0v) is 12.7. The smallest absolute Gasteiger partial charge is 0.326 e. The number of likely N-dealkylation sites (tertiary alicyclic amines) is 1. The molecule has 3 atom stereocenters. The molecule has 2 aliphatic rings. The standard InChI is InChI=1S/C15H18N2O3S/c1-9-16-11(8-21-9)5-6-13(18)17-7-10-3-2-4-12(10)14(17)15(19)20/h5-6,8,10,12,14H,2-4,7H2,1H3,(H,19,20)/b6-5+. The van der Waals surface area contributed by atoms with Crippen LogP contribution < -0.4 is 0 Å². The van der Waals surface area contributed by atoms with Crippen molar-refractivity contribution in [3.8, 4) is 0 Å². The third-order valence-electron chi connectivity index (χ3n) is 4.46. The summed E-state index contributed by atoms with van der Waals surface area (Å²) in [5, 5.41) is 12.3. The molecule has 0 radical (unpaired) electrons. The molecule has 1 amide bonds. The first-order valence-electron chi connectivity index (χ1n) is 7.20. The Hall–Kier alpha value is -1.69. The van der Waals surface area contributed by atoms with Gasteiger partial charge in [0.05, 0.1) is 10.7 Å². The zero-order valence-electron chi connectivity index (χ0n) is 11.9. The number of carbonyl (C=O) groups is 2. The highest BCUT2D eigenvalue weighted by molar-refractivity contribution is 7.09. The number of carboxylic acids is 1. The molecule has 112 valence electrons. The number of carboxylic acid groups (broad SMARTS) is 1. The first-order chi connectivity index (χ1) is 10.1. The maximum Gasteiger partial charge on any atom is 0.326 e. The van der Waals surface area contributed by atoms with Crippen molar-refractivity contribution in [1.82, 2.24) is 9.88 Å². The molecule has 0 spiro atoms. The molecule has 21 heavy (non-hydrogen) atoms. The molecule has 1 aromatic rings. The van der Waals surface area contributed by atoms with E-state index in [-0.39, 0.29) is 11.8 Å². The van der Waals surface area contributed by atoms with E-state index >= 15 is 0 Å². The molecule has 6 heteroatoms. The lowest BCUT2D eigenvalue weighted by Crippen LogP contribution is -2.42. The van der Waals surface area contributed by atoms with Gasteiger partial charge in [0.1, 0.15) is 6.04 Å². The van der Waals surface area contributed by atoms with Crippen LogP contribution in [0, 0.1) is 18.8 Å². The number of thiazole rings is 1. The van der Waals surface area contributed by atoms with Crippen LogP contribution >= 0.6 is 11.3 Å². The summed E-state index contributed by atoms with van der Waals surface area (Å²) in [5.41, 5.74) is 0.747. The Bertz CT molecular complexity index is 595. The highest BCUT2D eigenvalue weighted by Crippen LogP contribution is 2.42. The first kappa shape index (κ1) is 14.3. The van der Waals surface area contributed by atoms with Crippen molar-refractivity contribution < 1.29 is 14.7 Å². The Morgan fingerprint density at radius 2 is 2.29 bits per heavy atom. The molecular formula is C15H18N2O3S. The molecule has 1 aliphatic carbocycles.